The summed E-state index contributed by atoms with van der Waals surface area (Å²) < 4.78 is 5.39. The minimum Gasteiger partial charge on any atom is -0.368 e. The number of hydrogen-bond donors (Lipinski definition) is 2. The summed E-state index contributed by atoms with van der Waals surface area (Å²) in [7, 11) is 0. The number of carbonyl (C=O) groups is 2. The van der Waals surface area contributed by atoms with E-state index in [1.54, 1.807) is 0 Å². The number of para-hydroxylation sites is 1. The summed E-state index contributed by atoms with van der Waals surface area (Å²) in [5.41, 5.74) is 1.20. The fourth-order valence-corrected chi connectivity index (χ4v) is 3.15. The predicted octanol–water partition coefficient (Wildman–Crippen LogP) is -0.170. The van der Waals surface area contributed by atoms with E-state index >= 15 is 0 Å². The van der Waals surface area contributed by atoms with Gasteiger partial charge in [0.25, 0.3) is 0 Å². The van der Waals surface area contributed by atoms with E-state index in [-0.39, 0.29) is 11.8 Å². The summed E-state index contributed by atoms with van der Waals surface area (Å²) in [5, 5.41) is 5.91. The lowest BCUT2D eigenvalue weighted by Gasteiger charge is -2.36. The van der Waals surface area contributed by atoms with Crippen LogP contribution in [0.5, 0.6) is 0 Å². The predicted molar refractivity (Wildman–Crippen MR) is 95.5 cm³/mol. The van der Waals surface area contributed by atoms with Crippen LogP contribution in [0.4, 0.5) is 5.69 Å². The first kappa shape index (κ1) is 17.7. The van der Waals surface area contributed by atoms with Crippen LogP contribution in [-0.4, -0.2) is 75.2 Å². The number of benzene rings is 1. The number of nitrogens with one attached hydrogen (secondary N) is 2. The first-order valence-corrected chi connectivity index (χ1v) is 8.92. The van der Waals surface area contributed by atoms with E-state index < -0.39 is 6.10 Å². The molecule has 2 aliphatic heterocycles. The molecular weight excluding hydrogens is 320 g/mol. The molecule has 0 radical (unpaired) electrons. The number of carbonyl (C=O) groups excluding carboxylic acids is 2. The fraction of sp³-hybridized carbons (Fsp3) is 0.556. The number of piperazine rings is 1. The molecule has 2 amide bonds. The number of amides is 2. The lowest BCUT2D eigenvalue weighted by molar-refractivity contribution is -0.134. The van der Waals surface area contributed by atoms with Gasteiger partial charge in [0.1, 0.15) is 6.10 Å². The van der Waals surface area contributed by atoms with Crippen LogP contribution >= 0.6 is 0 Å². The van der Waals surface area contributed by atoms with Gasteiger partial charge in [-0.3, -0.25) is 9.59 Å². The molecule has 1 aromatic carbocycles. The van der Waals surface area contributed by atoms with Crippen molar-refractivity contribution in [3.63, 3.8) is 0 Å². The molecule has 2 heterocycles. The Balaban J connectivity index is 1.36. The van der Waals surface area contributed by atoms with Crippen molar-refractivity contribution in [3.05, 3.63) is 30.3 Å². The van der Waals surface area contributed by atoms with Gasteiger partial charge >= 0.3 is 0 Å². The number of anilines is 1. The standard InChI is InChI=1S/C18H26N4O3/c23-17(6-7-20-18(24)16-14-19-8-13-25-16)22-11-9-21(10-12-22)15-4-2-1-3-5-15/h1-5,16,19H,6-14H2,(H,20,24). The number of ether oxygens (including phenoxy) is 1. The second-order valence-corrected chi connectivity index (χ2v) is 6.31. The maximum atomic E-state index is 12.3. The van der Waals surface area contributed by atoms with Gasteiger partial charge in [-0.2, -0.15) is 0 Å². The normalized spacial score (nSPS) is 21.0. The van der Waals surface area contributed by atoms with Gasteiger partial charge in [-0.25, -0.2) is 0 Å². The third-order valence-corrected chi connectivity index (χ3v) is 4.61. The zero-order valence-electron chi connectivity index (χ0n) is 14.4. The van der Waals surface area contributed by atoms with Crippen LogP contribution in [0.2, 0.25) is 0 Å². The molecule has 0 bridgehead atoms. The highest BCUT2D eigenvalue weighted by molar-refractivity contribution is 5.82. The van der Waals surface area contributed by atoms with Gasteiger partial charge in [-0.15, -0.1) is 0 Å². The van der Waals surface area contributed by atoms with Gasteiger partial charge in [0.15, 0.2) is 0 Å². The Kier molecular flexibility index (Phi) is 6.25. The minimum atomic E-state index is -0.446. The van der Waals surface area contributed by atoms with Gasteiger partial charge in [0.05, 0.1) is 6.61 Å². The highest BCUT2D eigenvalue weighted by atomic mass is 16.5. The molecule has 25 heavy (non-hydrogen) atoms. The number of nitrogens with zero attached hydrogens (tertiary/aromatic N) is 2. The van der Waals surface area contributed by atoms with E-state index in [9.17, 15) is 9.59 Å². The molecule has 0 aliphatic carbocycles. The quantitative estimate of drug-likeness (QED) is 0.774. The summed E-state index contributed by atoms with van der Waals surface area (Å²) in [5.74, 6) is -0.0513. The van der Waals surface area contributed by atoms with Crippen molar-refractivity contribution in [2.24, 2.45) is 0 Å². The summed E-state index contributed by atoms with van der Waals surface area (Å²) in [6.45, 7) is 5.32. The highest BCUT2D eigenvalue weighted by Gasteiger charge is 2.23. The van der Waals surface area contributed by atoms with Crippen LogP contribution in [0.1, 0.15) is 6.42 Å². The molecule has 1 aromatic rings. The molecule has 2 N–H and O–H groups in total. The van der Waals surface area contributed by atoms with Gasteiger partial charge in [-0.1, -0.05) is 18.2 Å². The molecule has 1 unspecified atom stereocenters. The molecule has 0 aromatic heterocycles. The molecule has 0 spiro atoms. The molecule has 3 rings (SSSR count). The maximum Gasteiger partial charge on any atom is 0.250 e. The van der Waals surface area contributed by atoms with Crippen molar-refractivity contribution in [1.29, 1.82) is 0 Å². The first-order valence-electron chi connectivity index (χ1n) is 8.92. The molecule has 7 nitrogen and oxygen atoms in total. The molecule has 136 valence electrons. The van der Waals surface area contributed by atoms with Crippen molar-refractivity contribution >= 4 is 17.5 Å². The van der Waals surface area contributed by atoms with E-state index in [0.29, 0.717) is 26.1 Å². The van der Waals surface area contributed by atoms with Crippen LogP contribution in [0.15, 0.2) is 30.3 Å². The van der Waals surface area contributed by atoms with E-state index in [1.165, 1.54) is 5.69 Å². The van der Waals surface area contributed by atoms with Gasteiger partial charge in [0.2, 0.25) is 11.8 Å². The lowest BCUT2D eigenvalue weighted by atomic mass is 10.2. The molecule has 7 heteroatoms. The van der Waals surface area contributed by atoms with Crippen LogP contribution in [-0.2, 0) is 14.3 Å². The monoisotopic (exact) mass is 346 g/mol. The van der Waals surface area contributed by atoms with Crippen LogP contribution < -0.4 is 15.5 Å². The van der Waals surface area contributed by atoms with Crippen molar-refractivity contribution in [2.75, 3.05) is 57.3 Å². The summed E-state index contributed by atoms with van der Waals surface area (Å²) in [6.07, 6.45) is -0.115. The zero-order valence-corrected chi connectivity index (χ0v) is 14.4. The average molecular weight is 346 g/mol. The number of morpholine rings is 1. The van der Waals surface area contributed by atoms with E-state index in [4.69, 9.17) is 4.74 Å². The number of rotatable bonds is 5. The maximum absolute atomic E-state index is 12.3. The molecular formula is C18H26N4O3. The van der Waals surface area contributed by atoms with Gasteiger partial charge in [0, 0.05) is 57.9 Å². The first-order chi connectivity index (χ1) is 12.2. The Morgan fingerprint density at radius 2 is 1.92 bits per heavy atom. The Morgan fingerprint density at radius 1 is 1.16 bits per heavy atom. The third-order valence-electron chi connectivity index (χ3n) is 4.61. The Bertz CT molecular complexity index is 567. The van der Waals surface area contributed by atoms with Crippen molar-refractivity contribution in [3.8, 4) is 0 Å². The molecule has 1 atom stereocenters. The summed E-state index contributed by atoms with van der Waals surface area (Å²) >= 11 is 0. The summed E-state index contributed by atoms with van der Waals surface area (Å²) in [6, 6.07) is 10.2. The second kappa shape index (κ2) is 8.82. The van der Waals surface area contributed by atoms with Crippen molar-refractivity contribution < 1.29 is 14.3 Å². The van der Waals surface area contributed by atoms with Crippen LogP contribution in [0, 0.1) is 0 Å². The van der Waals surface area contributed by atoms with Crippen LogP contribution in [0.3, 0.4) is 0 Å². The van der Waals surface area contributed by atoms with E-state index in [2.05, 4.69) is 27.7 Å². The zero-order chi connectivity index (χ0) is 17.5. The fourth-order valence-electron chi connectivity index (χ4n) is 3.15. The Morgan fingerprint density at radius 3 is 2.60 bits per heavy atom. The Labute approximate surface area is 148 Å². The smallest absolute Gasteiger partial charge is 0.250 e. The molecule has 2 saturated heterocycles. The minimum absolute atomic E-state index is 0.0932. The average Bonchev–Trinajstić information content (AvgIpc) is 2.69. The molecule has 0 saturated carbocycles. The SMILES string of the molecule is O=C(NCCC(=O)N1CCN(c2ccccc2)CC1)C1CNCCO1. The second-order valence-electron chi connectivity index (χ2n) is 6.31. The largest absolute Gasteiger partial charge is 0.368 e. The van der Waals surface area contributed by atoms with Crippen molar-refractivity contribution in [1.82, 2.24) is 15.5 Å². The Hall–Kier alpha value is -2.12. The molecule has 2 fully saturated rings. The van der Waals surface area contributed by atoms with Crippen molar-refractivity contribution in [2.45, 2.75) is 12.5 Å². The summed E-state index contributed by atoms with van der Waals surface area (Å²) in [4.78, 5) is 28.4. The number of hydrogen-bond acceptors (Lipinski definition) is 5. The molecule has 2 aliphatic rings. The topological polar surface area (TPSA) is 73.9 Å². The lowest BCUT2D eigenvalue weighted by Crippen LogP contribution is -2.50. The van der Waals surface area contributed by atoms with Crippen LogP contribution in [0.25, 0.3) is 0 Å². The van der Waals surface area contributed by atoms with Gasteiger partial charge < -0.3 is 25.2 Å². The van der Waals surface area contributed by atoms with Gasteiger partial charge in [-0.05, 0) is 12.1 Å². The highest BCUT2D eigenvalue weighted by Crippen LogP contribution is 2.15. The van der Waals surface area contributed by atoms with E-state index in [1.807, 2.05) is 23.1 Å². The third kappa shape index (κ3) is 4.93. The van der Waals surface area contributed by atoms with E-state index in [0.717, 1.165) is 32.7 Å².